The van der Waals surface area contributed by atoms with Gasteiger partial charge in [-0.3, -0.25) is 9.48 Å². The van der Waals surface area contributed by atoms with Crippen LogP contribution in [0.15, 0.2) is 36.5 Å². The van der Waals surface area contributed by atoms with Crippen LogP contribution in [0.5, 0.6) is 5.75 Å². The molecule has 0 saturated carbocycles. The van der Waals surface area contributed by atoms with Crippen LogP contribution in [0.2, 0.25) is 0 Å². The Labute approximate surface area is 108 Å². The van der Waals surface area contributed by atoms with E-state index in [0.29, 0.717) is 17.8 Å². The summed E-state index contributed by atoms with van der Waals surface area (Å²) in [6.45, 7) is -0.410. The van der Waals surface area contributed by atoms with Gasteiger partial charge in [0.25, 0.3) is 0 Å². The van der Waals surface area contributed by atoms with Crippen molar-refractivity contribution in [2.45, 2.75) is 20.1 Å². The minimum atomic E-state index is -2.87. The Morgan fingerprint density at radius 2 is 2.00 bits per heavy atom. The SMILES string of the molecule is CCn1nccc1C(=O)c1ccc(OC(F)F)cc1. The number of halogens is 2. The number of alkyl halides is 2. The van der Waals surface area contributed by atoms with E-state index in [0.717, 1.165) is 0 Å². The molecule has 0 saturated heterocycles. The Kier molecular flexibility index (Phi) is 3.89. The third kappa shape index (κ3) is 2.96. The maximum atomic E-state index is 12.2. The zero-order valence-electron chi connectivity index (χ0n) is 10.2. The second-order valence-corrected chi connectivity index (χ2v) is 3.76. The van der Waals surface area contributed by atoms with Crippen LogP contribution in [0.25, 0.3) is 0 Å². The minimum Gasteiger partial charge on any atom is -0.435 e. The van der Waals surface area contributed by atoms with Crippen molar-refractivity contribution < 1.29 is 18.3 Å². The van der Waals surface area contributed by atoms with Crippen LogP contribution in [0, 0.1) is 0 Å². The Morgan fingerprint density at radius 3 is 2.58 bits per heavy atom. The van der Waals surface area contributed by atoms with E-state index in [1.165, 1.54) is 24.3 Å². The molecule has 1 heterocycles. The van der Waals surface area contributed by atoms with Crippen LogP contribution in [-0.2, 0) is 6.54 Å². The molecule has 0 fully saturated rings. The normalized spacial score (nSPS) is 10.7. The Morgan fingerprint density at radius 1 is 1.32 bits per heavy atom. The van der Waals surface area contributed by atoms with Crippen molar-refractivity contribution in [2.75, 3.05) is 0 Å². The predicted octanol–water partition coefficient (Wildman–Crippen LogP) is 2.74. The highest BCUT2D eigenvalue weighted by atomic mass is 19.3. The number of ether oxygens (including phenoxy) is 1. The molecule has 0 bridgehead atoms. The molecule has 4 nitrogen and oxygen atoms in total. The topological polar surface area (TPSA) is 44.1 Å². The van der Waals surface area contributed by atoms with Crippen LogP contribution in [0.1, 0.15) is 23.0 Å². The van der Waals surface area contributed by atoms with Gasteiger partial charge in [-0.15, -0.1) is 0 Å². The standard InChI is InChI=1S/C13H12F2N2O2/c1-2-17-11(7-8-16-17)12(18)9-3-5-10(6-4-9)19-13(14)15/h3-8,13H,2H2,1H3. The number of nitrogens with zero attached hydrogens (tertiary/aromatic N) is 2. The molecule has 1 aromatic carbocycles. The molecule has 2 rings (SSSR count). The van der Waals surface area contributed by atoms with Crippen LogP contribution in [0.4, 0.5) is 8.78 Å². The lowest BCUT2D eigenvalue weighted by Gasteiger charge is -2.06. The van der Waals surface area contributed by atoms with Gasteiger partial charge in [0.15, 0.2) is 0 Å². The highest BCUT2D eigenvalue weighted by Crippen LogP contribution is 2.17. The average molecular weight is 266 g/mol. The molecule has 0 N–H and O–H groups in total. The van der Waals surface area contributed by atoms with Crippen LogP contribution in [-0.4, -0.2) is 22.2 Å². The summed E-state index contributed by atoms with van der Waals surface area (Å²) >= 11 is 0. The average Bonchev–Trinajstić information content (AvgIpc) is 2.86. The van der Waals surface area contributed by atoms with Gasteiger partial charge in [0, 0.05) is 18.3 Å². The third-order valence-corrected chi connectivity index (χ3v) is 2.59. The number of ketones is 1. The second-order valence-electron chi connectivity index (χ2n) is 3.76. The summed E-state index contributed by atoms with van der Waals surface area (Å²) < 4.78 is 29.8. The number of carbonyl (C=O) groups excluding carboxylic acids is 1. The van der Waals surface area contributed by atoms with E-state index in [1.54, 1.807) is 16.9 Å². The molecule has 19 heavy (non-hydrogen) atoms. The van der Waals surface area contributed by atoms with Gasteiger partial charge in [0.1, 0.15) is 11.4 Å². The van der Waals surface area contributed by atoms with Crippen molar-refractivity contribution in [1.29, 1.82) is 0 Å². The van der Waals surface area contributed by atoms with E-state index in [-0.39, 0.29) is 11.5 Å². The van der Waals surface area contributed by atoms with Crippen molar-refractivity contribution >= 4 is 5.78 Å². The maximum Gasteiger partial charge on any atom is 0.387 e. The second kappa shape index (κ2) is 5.60. The molecule has 0 aliphatic heterocycles. The van der Waals surface area contributed by atoms with Crippen LogP contribution >= 0.6 is 0 Å². The number of rotatable bonds is 5. The lowest BCUT2D eigenvalue weighted by molar-refractivity contribution is -0.0498. The lowest BCUT2D eigenvalue weighted by Crippen LogP contribution is -2.10. The molecule has 0 atom stereocenters. The van der Waals surface area contributed by atoms with E-state index >= 15 is 0 Å². The quantitative estimate of drug-likeness (QED) is 0.781. The molecule has 2 aromatic rings. The number of aromatic nitrogens is 2. The largest absolute Gasteiger partial charge is 0.435 e. The summed E-state index contributed by atoms with van der Waals surface area (Å²) in [5, 5.41) is 4.01. The molecular formula is C13H12F2N2O2. The summed E-state index contributed by atoms with van der Waals surface area (Å²) in [7, 11) is 0. The van der Waals surface area contributed by atoms with Crippen LogP contribution in [0.3, 0.4) is 0 Å². The zero-order valence-corrected chi connectivity index (χ0v) is 10.2. The molecule has 0 aliphatic carbocycles. The Balaban J connectivity index is 2.20. The van der Waals surface area contributed by atoms with Crippen molar-refractivity contribution in [3.8, 4) is 5.75 Å². The van der Waals surface area contributed by atoms with E-state index < -0.39 is 6.61 Å². The van der Waals surface area contributed by atoms with E-state index in [2.05, 4.69) is 9.84 Å². The molecule has 1 aromatic heterocycles. The lowest BCUT2D eigenvalue weighted by atomic mass is 10.1. The minimum absolute atomic E-state index is 0.0237. The first-order chi connectivity index (χ1) is 9.11. The fraction of sp³-hybridized carbons (Fsp3) is 0.231. The first kappa shape index (κ1) is 13.2. The molecule has 0 spiro atoms. The van der Waals surface area contributed by atoms with Crippen molar-refractivity contribution in [2.24, 2.45) is 0 Å². The van der Waals surface area contributed by atoms with Gasteiger partial charge in [0.05, 0.1) is 0 Å². The number of hydrogen-bond donors (Lipinski definition) is 0. The van der Waals surface area contributed by atoms with Crippen molar-refractivity contribution in [1.82, 2.24) is 9.78 Å². The maximum absolute atomic E-state index is 12.2. The first-order valence-electron chi connectivity index (χ1n) is 5.73. The highest BCUT2D eigenvalue weighted by molar-refractivity contribution is 6.07. The number of carbonyl (C=O) groups is 1. The predicted molar refractivity (Wildman–Crippen MR) is 64.4 cm³/mol. The summed E-state index contributed by atoms with van der Waals surface area (Å²) in [5.74, 6) is -0.182. The Hall–Kier alpha value is -2.24. The molecule has 0 amide bonds. The summed E-state index contributed by atoms with van der Waals surface area (Å²) in [6.07, 6.45) is 1.55. The molecule has 100 valence electrons. The first-order valence-corrected chi connectivity index (χ1v) is 5.73. The molecule has 0 unspecified atom stereocenters. The summed E-state index contributed by atoms with van der Waals surface area (Å²) in [6, 6.07) is 7.20. The van der Waals surface area contributed by atoms with Crippen LogP contribution < -0.4 is 4.74 Å². The fourth-order valence-corrected chi connectivity index (χ4v) is 1.71. The van der Waals surface area contributed by atoms with Gasteiger partial charge in [-0.1, -0.05) is 0 Å². The van der Waals surface area contributed by atoms with Crippen molar-refractivity contribution in [3.63, 3.8) is 0 Å². The Bertz CT molecular complexity index is 564. The number of hydrogen-bond acceptors (Lipinski definition) is 3. The monoisotopic (exact) mass is 266 g/mol. The van der Waals surface area contributed by atoms with Gasteiger partial charge < -0.3 is 4.74 Å². The van der Waals surface area contributed by atoms with E-state index in [1.807, 2.05) is 6.92 Å². The molecule has 0 aliphatic rings. The van der Waals surface area contributed by atoms with Gasteiger partial charge in [-0.25, -0.2) is 0 Å². The molecular weight excluding hydrogens is 254 g/mol. The zero-order chi connectivity index (χ0) is 13.8. The third-order valence-electron chi connectivity index (χ3n) is 2.59. The van der Waals surface area contributed by atoms with E-state index in [4.69, 9.17) is 0 Å². The molecule has 0 radical (unpaired) electrons. The fourth-order valence-electron chi connectivity index (χ4n) is 1.71. The van der Waals surface area contributed by atoms with Crippen molar-refractivity contribution in [3.05, 3.63) is 47.8 Å². The van der Waals surface area contributed by atoms with Gasteiger partial charge in [0.2, 0.25) is 5.78 Å². The van der Waals surface area contributed by atoms with E-state index in [9.17, 15) is 13.6 Å². The summed E-state index contributed by atoms with van der Waals surface area (Å²) in [4.78, 5) is 12.2. The van der Waals surface area contributed by atoms with Gasteiger partial charge in [-0.2, -0.15) is 13.9 Å². The number of aryl methyl sites for hydroxylation is 1. The highest BCUT2D eigenvalue weighted by Gasteiger charge is 2.14. The van der Waals surface area contributed by atoms with Gasteiger partial charge in [-0.05, 0) is 37.3 Å². The number of benzene rings is 1. The molecule has 6 heteroatoms. The van der Waals surface area contributed by atoms with Gasteiger partial charge >= 0.3 is 6.61 Å². The smallest absolute Gasteiger partial charge is 0.387 e. The summed E-state index contributed by atoms with van der Waals surface area (Å²) in [5.41, 5.74) is 0.863.